The number of fused-ring (bicyclic) bond motifs is 1. The molecule has 1 N–H and O–H groups in total. The Morgan fingerprint density at radius 2 is 2.05 bits per heavy atom. The van der Waals surface area contributed by atoms with Crippen LogP contribution in [-0.2, 0) is 6.42 Å². The van der Waals surface area contributed by atoms with Crippen LogP contribution >= 0.6 is 0 Å². The van der Waals surface area contributed by atoms with Gasteiger partial charge in [-0.15, -0.1) is 0 Å². The van der Waals surface area contributed by atoms with Gasteiger partial charge in [-0.3, -0.25) is 0 Å². The van der Waals surface area contributed by atoms with Crippen molar-refractivity contribution in [2.45, 2.75) is 44.6 Å². The molecule has 2 aliphatic rings. The Balaban J connectivity index is 1.49. The Bertz CT molecular complexity index is 441. The van der Waals surface area contributed by atoms with Crippen LogP contribution < -0.4 is 4.74 Å². The first-order valence-electron chi connectivity index (χ1n) is 7.99. The van der Waals surface area contributed by atoms with Crippen LogP contribution in [0.5, 0.6) is 5.75 Å². The van der Waals surface area contributed by atoms with Crippen LogP contribution in [-0.4, -0.2) is 36.2 Å². The molecule has 1 aromatic rings. The molecule has 1 aliphatic heterocycles. The Kier molecular flexibility index (Phi) is 4.58. The van der Waals surface area contributed by atoms with Gasteiger partial charge in [0, 0.05) is 6.54 Å². The molecule has 0 aromatic heterocycles. The highest BCUT2D eigenvalue weighted by molar-refractivity contribution is 5.38. The summed E-state index contributed by atoms with van der Waals surface area (Å²) in [5.74, 6) is 0.908. The summed E-state index contributed by atoms with van der Waals surface area (Å²) in [4.78, 5) is 2.51. The maximum Gasteiger partial charge on any atom is 0.119 e. The van der Waals surface area contributed by atoms with E-state index in [-0.39, 0.29) is 6.10 Å². The smallest absolute Gasteiger partial charge is 0.119 e. The van der Waals surface area contributed by atoms with Gasteiger partial charge < -0.3 is 14.7 Å². The van der Waals surface area contributed by atoms with Crippen molar-refractivity contribution in [1.29, 1.82) is 0 Å². The standard InChI is InChI=1S/C17H25NO2/c19-17-6-3-5-14-7-8-15(13-16(14)17)20-12-4-11-18-9-1-2-10-18/h7-8,13,17,19H,1-6,9-12H2. The number of nitrogens with zero attached hydrogens (tertiary/aromatic N) is 1. The number of likely N-dealkylation sites (tertiary alicyclic amines) is 1. The molecular weight excluding hydrogens is 250 g/mol. The lowest BCUT2D eigenvalue weighted by molar-refractivity contribution is 0.156. The number of hydrogen-bond acceptors (Lipinski definition) is 3. The highest BCUT2D eigenvalue weighted by atomic mass is 16.5. The minimum absolute atomic E-state index is 0.299. The minimum atomic E-state index is -0.299. The van der Waals surface area contributed by atoms with Crippen molar-refractivity contribution >= 4 is 0 Å². The van der Waals surface area contributed by atoms with Gasteiger partial charge in [-0.2, -0.15) is 0 Å². The van der Waals surface area contributed by atoms with Crippen molar-refractivity contribution in [1.82, 2.24) is 4.90 Å². The Labute approximate surface area is 121 Å². The van der Waals surface area contributed by atoms with Gasteiger partial charge in [-0.05, 0) is 74.9 Å². The SMILES string of the molecule is OC1CCCc2ccc(OCCCN3CCCC3)cc21. The van der Waals surface area contributed by atoms with Crippen LogP contribution in [0.25, 0.3) is 0 Å². The lowest BCUT2D eigenvalue weighted by Gasteiger charge is -2.22. The van der Waals surface area contributed by atoms with E-state index < -0.39 is 0 Å². The molecule has 0 saturated carbocycles. The zero-order valence-electron chi connectivity index (χ0n) is 12.2. The first kappa shape index (κ1) is 13.9. The monoisotopic (exact) mass is 275 g/mol. The molecule has 20 heavy (non-hydrogen) atoms. The highest BCUT2D eigenvalue weighted by Gasteiger charge is 2.18. The van der Waals surface area contributed by atoms with E-state index in [4.69, 9.17) is 4.74 Å². The molecule has 0 bridgehead atoms. The number of benzene rings is 1. The molecule has 1 aliphatic carbocycles. The summed E-state index contributed by atoms with van der Waals surface area (Å²) in [5, 5.41) is 10.0. The van der Waals surface area contributed by atoms with Gasteiger partial charge in [0.25, 0.3) is 0 Å². The summed E-state index contributed by atoms with van der Waals surface area (Å²) < 4.78 is 5.84. The normalized spacial score (nSPS) is 22.8. The van der Waals surface area contributed by atoms with Crippen molar-refractivity contribution in [3.63, 3.8) is 0 Å². The van der Waals surface area contributed by atoms with Gasteiger partial charge in [0.2, 0.25) is 0 Å². The van der Waals surface area contributed by atoms with Crippen molar-refractivity contribution in [3.8, 4) is 5.75 Å². The van der Waals surface area contributed by atoms with Gasteiger partial charge in [0.15, 0.2) is 0 Å². The second kappa shape index (κ2) is 6.59. The summed E-state index contributed by atoms with van der Waals surface area (Å²) >= 11 is 0. The first-order chi connectivity index (χ1) is 9.83. The third kappa shape index (κ3) is 3.33. The average molecular weight is 275 g/mol. The second-order valence-corrected chi connectivity index (χ2v) is 6.02. The fourth-order valence-corrected chi connectivity index (χ4v) is 3.33. The van der Waals surface area contributed by atoms with Crippen LogP contribution in [0.2, 0.25) is 0 Å². The van der Waals surface area contributed by atoms with Crippen molar-refractivity contribution in [2.75, 3.05) is 26.2 Å². The van der Waals surface area contributed by atoms with Crippen LogP contribution in [0.1, 0.15) is 49.3 Å². The van der Waals surface area contributed by atoms with Crippen LogP contribution in [0.4, 0.5) is 0 Å². The zero-order valence-corrected chi connectivity index (χ0v) is 12.2. The van der Waals surface area contributed by atoms with Crippen molar-refractivity contribution in [2.24, 2.45) is 0 Å². The third-order valence-electron chi connectivity index (χ3n) is 4.49. The van der Waals surface area contributed by atoms with E-state index in [1.807, 2.05) is 12.1 Å². The van der Waals surface area contributed by atoms with E-state index in [0.717, 1.165) is 50.1 Å². The molecular formula is C17H25NO2. The highest BCUT2D eigenvalue weighted by Crippen LogP contribution is 2.32. The van der Waals surface area contributed by atoms with E-state index in [9.17, 15) is 5.11 Å². The van der Waals surface area contributed by atoms with Gasteiger partial charge in [0.05, 0.1) is 12.7 Å². The number of aliphatic hydroxyl groups is 1. The predicted octanol–water partition coefficient (Wildman–Crippen LogP) is 2.92. The van der Waals surface area contributed by atoms with Gasteiger partial charge in [0.1, 0.15) is 5.75 Å². The Morgan fingerprint density at radius 3 is 2.90 bits per heavy atom. The van der Waals surface area contributed by atoms with E-state index >= 15 is 0 Å². The maximum atomic E-state index is 10.0. The molecule has 0 spiro atoms. The summed E-state index contributed by atoms with van der Waals surface area (Å²) in [5.41, 5.74) is 2.36. The van der Waals surface area contributed by atoms with Crippen LogP contribution in [0.15, 0.2) is 18.2 Å². The molecule has 0 amide bonds. The van der Waals surface area contributed by atoms with E-state index in [1.165, 1.54) is 31.5 Å². The summed E-state index contributed by atoms with van der Waals surface area (Å²) in [6, 6.07) is 6.20. The number of aryl methyl sites for hydroxylation is 1. The van der Waals surface area contributed by atoms with E-state index in [1.54, 1.807) is 0 Å². The average Bonchev–Trinajstić information content (AvgIpc) is 2.98. The van der Waals surface area contributed by atoms with Crippen LogP contribution in [0, 0.1) is 0 Å². The number of aliphatic hydroxyl groups excluding tert-OH is 1. The molecule has 1 atom stereocenters. The summed E-state index contributed by atoms with van der Waals surface area (Å²) in [6.07, 6.45) is 6.54. The lowest BCUT2D eigenvalue weighted by Crippen LogP contribution is -2.21. The van der Waals surface area contributed by atoms with E-state index in [2.05, 4.69) is 11.0 Å². The zero-order chi connectivity index (χ0) is 13.8. The molecule has 1 unspecified atom stereocenters. The molecule has 3 rings (SSSR count). The predicted molar refractivity (Wildman–Crippen MR) is 80.1 cm³/mol. The fourth-order valence-electron chi connectivity index (χ4n) is 3.33. The third-order valence-corrected chi connectivity index (χ3v) is 4.49. The molecule has 0 radical (unpaired) electrons. The largest absolute Gasteiger partial charge is 0.494 e. The Hall–Kier alpha value is -1.06. The molecule has 1 heterocycles. The van der Waals surface area contributed by atoms with Gasteiger partial charge in [-0.1, -0.05) is 6.07 Å². The minimum Gasteiger partial charge on any atom is -0.494 e. The summed E-state index contributed by atoms with van der Waals surface area (Å²) in [7, 11) is 0. The van der Waals surface area contributed by atoms with Crippen molar-refractivity contribution in [3.05, 3.63) is 29.3 Å². The molecule has 1 saturated heterocycles. The van der Waals surface area contributed by atoms with Gasteiger partial charge >= 0.3 is 0 Å². The number of rotatable bonds is 5. The molecule has 3 nitrogen and oxygen atoms in total. The molecule has 110 valence electrons. The van der Waals surface area contributed by atoms with Crippen molar-refractivity contribution < 1.29 is 9.84 Å². The molecule has 1 aromatic carbocycles. The quantitative estimate of drug-likeness (QED) is 0.839. The topological polar surface area (TPSA) is 32.7 Å². The molecule has 1 fully saturated rings. The van der Waals surface area contributed by atoms with Gasteiger partial charge in [-0.25, -0.2) is 0 Å². The Morgan fingerprint density at radius 1 is 1.20 bits per heavy atom. The van der Waals surface area contributed by atoms with E-state index in [0.29, 0.717) is 0 Å². The first-order valence-corrected chi connectivity index (χ1v) is 7.99. The lowest BCUT2D eigenvalue weighted by atomic mass is 9.89. The molecule has 3 heteroatoms. The number of ether oxygens (including phenoxy) is 1. The summed E-state index contributed by atoms with van der Waals surface area (Å²) in [6.45, 7) is 4.43. The second-order valence-electron chi connectivity index (χ2n) is 6.02. The van der Waals surface area contributed by atoms with Crippen LogP contribution in [0.3, 0.4) is 0 Å². The fraction of sp³-hybridized carbons (Fsp3) is 0.647. The maximum absolute atomic E-state index is 10.0. The number of hydrogen-bond donors (Lipinski definition) is 1.